The van der Waals surface area contributed by atoms with Crippen molar-refractivity contribution in [2.45, 2.75) is 90.9 Å². The molecular formula is C56H53BN2. The van der Waals surface area contributed by atoms with Crippen LogP contribution in [0.3, 0.4) is 0 Å². The van der Waals surface area contributed by atoms with Gasteiger partial charge in [-0.05, 0) is 96.1 Å². The van der Waals surface area contributed by atoms with Crippen LogP contribution in [-0.2, 0) is 21.7 Å². The molecule has 3 aliphatic heterocycles. The van der Waals surface area contributed by atoms with Gasteiger partial charge in [0.2, 0.25) is 0 Å². The maximum Gasteiger partial charge on any atom is 0.333 e. The van der Waals surface area contributed by atoms with Gasteiger partial charge in [0.25, 0.3) is 0 Å². The van der Waals surface area contributed by atoms with Gasteiger partial charge in [-0.25, -0.2) is 0 Å². The van der Waals surface area contributed by atoms with Crippen LogP contribution in [0.1, 0.15) is 103 Å². The van der Waals surface area contributed by atoms with Crippen molar-refractivity contribution in [3.8, 4) is 33.4 Å². The Hall–Kier alpha value is -5.80. The number of anilines is 5. The van der Waals surface area contributed by atoms with Gasteiger partial charge in [-0.2, -0.15) is 0 Å². The summed E-state index contributed by atoms with van der Waals surface area (Å²) in [6.07, 6.45) is 0. The van der Waals surface area contributed by atoms with Crippen LogP contribution < -0.4 is 20.6 Å². The fourth-order valence-electron chi connectivity index (χ4n) is 11.1. The summed E-state index contributed by atoms with van der Waals surface area (Å²) in [5, 5.41) is 0. The second-order valence-electron chi connectivity index (χ2n) is 20.6. The van der Waals surface area contributed by atoms with Crippen molar-refractivity contribution in [3.63, 3.8) is 0 Å². The number of fused-ring (bicyclic) bond motifs is 10. The van der Waals surface area contributed by atoms with E-state index in [4.69, 9.17) is 0 Å². The van der Waals surface area contributed by atoms with Gasteiger partial charge in [0.05, 0.1) is 11.4 Å². The Morgan fingerprint density at radius 2 is 1.07 bits per heavy atom. The predicted octanol–water partition coefficient (Wildman–Crippen LogP) is 13.6. The topological polar surface area (TPSA) is 6.48 Å². The van der Waals surface area contributed by atoms with E-state index >= 15 is 0 Å². The van der Waals surface area contributed by atoms with E-state index < -0.39 is 0 Å². The molecule has 59 heavy (non-hydrogen) atoms. The molecule has 7 aromatic rings. The quantitative estimate of drug-likeness (QED) is 0.162. The molecule has 3 heteroatoms. The number of hydrogen-bond donors (Lipinski definition) is 0. The summed E-state index contributed by atoms with van der Waals surface area (Å²) in [7, 11) is 0. The second-order valence-corrected chi connectivity index (χ2v) is 20.6. The molecule has 2 nitrogen and oxygen atoms in total. The standard InChI is InChI=1S/C56H53BN2/c1-53(2,3)35-27-30-46(39(31-35)34-19-12-11-13-20-34)58-48-33-36(54(4,5)6)32-40-37-22-18-25-44-51(37)59(47-26-17-16-24-42(47)56(44,9)10)57(50(40)48)45-29-28-43-49(52(45)58)38-21-14-15-23-41(38)55(43,7)8/h11-33H,1-10H3. The first-order chi connectivity index (χ1) is 28.1. The van der Waals surface area contributed by atoms with E-state index in [1.165, 1.54) is 106 Å². The van der Waals surface area contributed by atoms with Crippen LogP contribution >= 0.6 is 0 Å². The Kier molecular flexibility index (Phi) is 7.33. The summed E-state index contributed by atoms with van der Waals surface area (Å²) in [6.45, 7) is 23.7. The summed E-state index contributed by atoms with van der Waals surface area (Å²) in [5.74, 6) is 0. The maximum absolute atomic E-state index is 2.74. The summed E-state index contributed by atoms with van der Waals surface area (Å²) >= 11 is 0. The van der Waals surface area contributed by atoms with E-state index in [9.17, 15) is 0 Å². The summed E-state index contributed by atoms with van der Waals surface area (Å²) in [6, 6.07) is 53.9. The van der Waals surface area contributed by atoms with Gasteiger partial charge in [-0.1, -0.05) is 184 Å². The lowest BCUT2D eigenvalue weighted by atomic mass is 9.42. The van der Waals surface area contributed by atoms with E-state index in [0.29, 0.717) is 0 Å². The molecule has 11 rings (SSSR count). The third kappa shape index (κ3) is 4.88. The number of para-hydroxylation sites is 2. The fraction of sp³-hybridized carbons (Fsp3) is 0.250. The SMILES string of the molecule is CC(C)(C)c1ccc(N2c3cc(C(C)(C)C)cc4c3B(c3ccc5c(c32)-c2ccccc2C5(C)C)N2c3ccccc3C(C)(C)c3cccc-4c32)c(-c2ccccc2)c1. The summed E-state index contributed by atoms with van der Waals surface area (Å²) in [4.78, 5) is 5.45. The van der Waals surface area contributed by atoms with Crippen molar-refractivity contribution < 1.29 is 0 Å². The Bertz CT molecular complexity index is 2920. The third-order valence-corrected chi connectivity index (χ3v) is 14.3. The molecule has 0 N–H and O–H groups in total. The average Bonchev–Trinajstić information content (AvgIpc) is 3.45. The lowest BCUT2D eigenvalue weighted by molar-refractivity contribution is 0.590. The smallest absolute Gasteiger partial charge is 0.333 e. The van der Waals surface area contributed by atoms with Crippen LogP contribution in [-0.4, -0.2) is 6.85 Å². The molecule has 0 saturated carbocycles. The number of benzene rings is 7. The molecule has 0 unspecified atom stereocenters. The molecule has 0 spiro atoms. The zero-order valence-corrected chi connectivity index (χ0v) is 36.3. The lowest BCUT2D eigenvalue weighted by Crippen LogP contribution is -2.63. The Morgan fingerprint density at radius 1 is 0.441 bits per heavy atom. The zero-order chi connectivity index (χ0) is 41.0. The number of rotatable bonds is 2. The van der Waals surface area contributed by atoms with Crippen LogP contribution in [0.5, 0.6) is 0 Å². The first kappa shape index (κ1) is 36.3. The highest BCUT2D eigenvalue weighted by Crippen LogP contribution is 2.60. The number of hydrogen-bond acceptors (Lipinski definition) is 2. The van der Waals surface area contributed by atoms with Crippen molar-refractivity contribution in [2.75, 3.05) is 9.71 Å². The highest BCUT2D eigenvalue weighted by atomic mass is 15.2. The Balaban J connectivity index is 1.35. The highest BCUT2D eigenvalue weighted by Gasteiger charge is 2.52. The summed E-state index contributed by atoms with van der Waals surface area (Å²) < 4.78 is 0. The molecule has 1 aliphatic carbocycles. The molecule has 290 valence electrons. The van der Waals surface area contributed by atoms with E-state index in [0.717, 1.165) is 0 Å². The average molecular weight is 765 g/mol. The Labute approximate surface area is 351 Å². The molecule has 0 radical (unpaired) electrons. The maximum atomic E-state index is 2.74. The van der Waals surface area contributed by atoms with E-state index in [-0.39, 0.29) is 28.5 Å². The molecule has 4 aliphatic rings. The van der Waals surface area contributed by atoms with Crippen molar-refractivity contribution in [3.05, 3.63) is 173 Å². The third-order valence-electron chi connectivity index (χ3n) is 14.3. The molecule has 0 fully saturated rings. The largest absolute Gasteiger partial charge is 0.376 e. The van der Waals surface area contributed by atoms with Crippen LogP contribution in [0.2, 0.25) is 0 Å². The van der Waals surface area contributed by atoms with Gasteiger partial charge in [0.1, 0.15) is 0 Å². The van der Waals surface area contributed by atoms with Crippen molar-refractivity contribution in [1.29, 1.82) is 0 Å². The monoisotopic (exact) mass is 764 g/mol. The molecule has 0 amide bonds. The van der Waals surface area contributed by atoms with Gasteiger partial charge in [0.15, 0.2) is 0 Å². The molecule has 0 saturated heterocycles. The zero-order valence-electron chi connectivity index (χ0n) is 36.3. The van der Waals surface area contributed by atoms with Crippen LogP contribution in [0, 0.1) is 0 Å². The van der Waals surface area contributed by atoms with Gasteiger partial charge in [-0.15, -0.1) is 0 Å². The summed E-state index contributed by atoms with van der Waals surface area (Å²) in [5.41, 5.74) is 24.9. The predicted molar refractivity (Wildman–Crippen MR) is 253 cm³/mol. The second kappa shape index (κ2) is 11.9. The van der Waals surface area contributed by atoms with E-state index in [1.54, 1.807) is 0 Å². The minimum absolute atomic E-state index is 0.0145. The van der Waals surface area contributed by atoms with Crippen LogP contribution in [0.15, 0.2) is 140 Å². The van der Waals surface area contributed by atoms with E-state index in [1.807, 2.05) is 0 Å². The Morgan fingerprint density at radius 3 is 1.81 bits per heavy atom. The molecule has 7 aromatic carbocycles. The fourth-order valence-corrected chi connectivity index (χ4v) is 11.1. The minimum atomic E-state index is -0.162. The first-order valence-corrected chi connectivity index (χ1v) is 21.6. The van der Waals surface area contributed by atoms with Gasteiger partial charge >= 0.3 is 6.85 Å². The molecule has 3 heterocycles. The van der Waals surface area contributed by atoms with E-state index in [2.05, 4.69) is 218 Å². The normalized spacial score (nSPS) is 16.1. The van der Waals surface area contributed by atoms with Gasteiger partial charge < -0.3 is 9.71 Å². The molecular weight excluding hydrogens is 711 g/mol. The van der Waals surface area contributed by atoms with Gasteiger partial charge in [-0.3, -0.25) is 0 Å². The van der Waals surface area contributed by atoms with Crippen molar-refractivity contribution >= 4 is 46.2 Å². The number of nitrogens with zero attached hydrogens (tertiary/aromatic N) is 2. The minimum Gasteiger partial charge on any atom is -0.376 e. The van der Waals surface area contributed by atoms with Crippen LogP contribution in [0.25, 0.3) is 33.4 Å². The van der Waals surface area contributed by atoms with Gasteiger partial charge in [0, 0.05) is 44.6 Å². The van der Waals surface area contributed by atoms with Crippen molar-refractivity contribution in [1.82, 2.24) is 0 Å². The molecule has 0 bridgehead atoms. The first-order valence-electron chi connectivity index (χ1n) is 21.6. The lowest BCUT2D eigenvalue weighted by Gasteiger charge is -2.52. The van der Waals surface area contributed by atoms with Crippen molar-refractivity contribution in [2.24, 2.45) is 0 Å². The van der Waals surface area contributed by atoms with Crippen LogP contribution in [0.4, 0.5) is 28.4 Å². The molecule has 0 atom stereocenters. The molecule has 0 aromatic heterocycles. The highest BCUT2D eigenvalue weighted by molar-refractivity contribution is 6.94.